The fraction of sp³-hybridized carbons (Fsp3) is 0.444. The summed E-state index contributed by atoms with van der Waals surface area (Å²) < 4.78 is 14.5. The van der Waals surface area contributed by atoms with Crippen LogP contribution in [0.5, 0.6) is 0 Å². The number of hydrogen-bond acceptors (Lipinski definition) is 1. The summed E-state index contributed by atoms with van der Waals surface area (Å²) in [5.41, 5.74) is 1.74. The number of aromatic carboxylic acids is 1. The maximum atomic E-state index is 12.9. The maximum absolute atomic E-state index is 12.9. The minimum atomic E-state index is -0.974. The summed E-state index contributed by atoms with van der Waals surface area (Å²) in [5, 5.41) is 8.86. The average Bonchev–Trinajstić information content (AvgIpc) is 2.41. The van der Waals surface area contributed by atoms with Crippen molar-refractivity contribution in [2.24, 2.45) is 0 Å². The monoisotopic (exact) mass is 183 g/mol. The molecule has 70 valence electrons. The topological polar surface area (TPSA) is 42.2 Å². The lowest BCUT2D eigenvalue weighted by atomic mass is 10.2. The van der Waals surface area contributed by atoms with Crippen molar-refractivity contribution in [3.63, 3.8) is 0 Å². The van der Waals surface area contributed by atoms with Gasteiger partial charge in [-0.15, -0.1) is 0 Å². The van der Waals surface area contributed by atoms with Crippen molar-refractivity contribution < 1.29 is 14.3 Å². The number of hydrogen-bond donors (Lipinski definition) is 1. The van der Waals surface area contributed by atoms with Crippen LogP contribution in [0, 0.1) is 6.92 Å². The van der Waals surface area contributed by atoms with Gasteiger partial charge in [-0.25, -0.2) is 9.18 Å². The number of alkyl halides is 1. The van der Waals surface area contributed by atoms with Gasteiger partial charge in [-0.1, -0.05) is 0 Å². The van der Waals surface area contributed by atoms with Crippen LogP contribution in [0.25, 0.3) is 0 Å². The normalized spacial score (nSPS) is 20.3. The first-order valence-electron chi connectivity index (χ1n) is 4.16. The van der Waals surface area contributed by atoms with Gasteiger partial charge in [0.05, 0.1) is 6.54 Å². The Morgan fingerprint density at radius 2 is 2.46 bits per heavy atom. The molecule has 1 aliphatic rings. The van der Waals surface area contributed by atoms with Gasteiger partial charge < -0.3 is 9.67 Å². The zero-order valence-corrected chi connectivity index (χ0v) is 7.25. The van der Waals surface area contributed by atoms with Crippen LogP contribution in [-0.4, -0.2) is 21.8 Å². The van der Waals surface area contributed by atoms with Gasteiger partial charge in [0.15, 0.2) is 0 Å². The van der Waals surface area contributed by atoms with Gasteiger partial charge in [-0.3, -0.25) is 0 Å². The molecule has 3 nitrogen and oxygen atoms in total. The summed E-state index contributed by atoms with van der Waals surface area (Å²) in [4.78, 5) is 10.8. The summed E-state index contributed by atoms with van der Waals surface area (Å²) in [6.45, 7) is 1.92. The lowest BCUT2D eigenvalue weighted by Gasteiger charge is -2.02. The molecule has 1 atom stereocenters. The largest absolute Gasteiger partial charge is 0.477 e. The number of carboxylic acids is 1. The van der Waals surface area contributed by atoms with Gasteiger partial charge in [0.1, 0.15) is 11.9 Å². The van der Waals surface area contributed by atoms with E-state index in [4.69, 9.17) is 5.11 Å². The molecular weight excluding hydrogens is 173 g/mol. The van der Waals surface area contributed by atoms with E-state index < -0.39 is 12.1 Å². The molecule has 1 N–H and O–H groups in total. The van der Waals surface area contributed by atoms with Crippen LogP contribution in [0.4, 0.5) is 4.39 Å². The van der Waals surface area contributed by atoms with Crippen molar-refractivity contribution in [3.8, 4) is 0 Å². The first kappa shape index (κ1) is 8.29. The highest BCUT2D eigenvalue weighted by atomic mass is 19.1. The Kier molecular flexibility index (Phi) is 1.65. The molecule has 1 aliphatic heterocycles. The van der Waals surface area contributed by atoms with Crippen molar-refractivity contribution in [1.82, 2.24) is 4.57 Å². The zero-order chi connectivity index (χ0) is 9.59. The number of fused-ring (bicyclic) bond motifs is 1. The van der Waals surface area contributed by atoms with E-state index in [1.54, 1.807) is 17.6 Å². The molecule has 4 heteroatoms. The molecule has 0 spiro atoms. The van der Waals surface area contributed by atoms with E-state index in [9.17, 15) is 9.18 Å². The fourth-order valence-corrected chi connectivity index (χ4v) is 1.90. The van der Waals surface area contributed by atoms with E-state index >= 15 is 0 Å². The second-order valence-electron chi connectivity index (χ2n) is 3.38. The third-order valence-corrected chi connectivity index (χ3v) is 2.39. The highest BCUT2D eigenvalue weighted by molar-refractivity contribution is 5.88. The van der Waals surface area contributed by atoms with Crippen LogP contribution >= 0.6 is 0 Å². The second-order valence-corrected chi connectivity index (χ2v) is 3.38. The third-order valence-electron chi connectivity index (χ3n) is 2.39. The molecule has 13 heavy (non-hydrogen) atoms. The first-order chi connectivity index (χ1) is 6.09. The number of halogens is 1. The predicted molar refractivity (Wildman–Crippen MR) is 44.7 cm³/mol. The average molecular weight is 183 g/mol. The zero-order valence-electron chi connectivity index (χ0n) is 7.25. The van der Waals surface area contributed by atoms with Gasteiger partial charge in [-0.05, 0) is 18.6 Å². The third kappa shape index (κ3) is 1.13. The van der Waals surface area contributed by atoms with Gasteiger partial charge in [0.2, 0.25) is 0 Å². The molecule has 0 bridgehead atoms. The lowest BCUT2D eigenvalue weighted by Crippen LogP contribution is -2.10. The van der Waals surface area contributed by atoms with Crippen molar-refractivity contribution >= 4 is 5.97 Å². The minimum Gasteiger partial charge on any atom is -0.477 e. The molecule has 0 amide bonds. The van der Waals surface area contributed by atoms with Crippen LogP contribution in [0.1, 0.15) is 21.7 Å². The molecule has 0 saturated heterocycles. The first-order valence-corrected chi connectivity index (χ1v) is 4.16. The summed E-state index contributed by atoms with van der Waals surface area (Å²) >= 11 is 0. The van der Waals surface area contributed by atoms with Gasteiger partial charge >= 0.3 is 5.97 Å². The molecule has 1 aromatic heterocycles. The van der Waals surface area contributed by atoms with Crippen molar-refractivity contribution in [1.29, 1.82) is 0 Å². The molecule has 2 heterocycles. The summed E-state index contributed by atoms with van der Waals surface area (Å²) in [6.07, 6.45) is -0.581. The van der Waals surface area contributed by atoms with E-state index in [0.717, 1.165) is 11.3 Å². The van der Waals surface area contributed by atoms with E-state index in [0.29, 0.717) is 6.42 Å². The minimum absolute atomic E-state index is 0.185. The maximum Gasteiger partial charge on any atom is 0.352 e. The van der Waals surface area contributed by atoms with Gasteiger partial charge in [-0.2, -0.15) is 0 Å². The quantitative estimate of drug-likeness (QED) is 0.714. The molecule has 0 unspecified atom stereocenters. The van der Waals surface area contributed by atoms with Crippen molar-refractivity contribution in [2.75, 3.05) is 0 Å². The number of carbonyl (C=O) groups is 1. The standard InChI is InChI=1S/C9H10FNO2/c1-5-2-7-3-6(10)4-11(7)8(5)9(12)13/h2,6H,3-4H2,1H3,(H,12,13)/t6-/m1/s1. The summed E-state index contributed by atoms with van der Waals surface area (Å²) in [5.74, 6) is -0.974. The molecule has 0 fully saturated rings. The van der Waals surface area contributed by atoms with Crippen LogP contribution < -0.4 is 0 Å². The highest BCUT2D eigenvalue weighted by Crippen LogP contribution is 2.24. The Hall–Kier alpha value is -1.32. The molecule has 2 rings (SSSR count). The Bertz CT molecular complexity index is 370. The molecular formula is C9H10FNO2. The van der Waals surface area contributed by atoms with Crippen LogP contribution in [-0.2, 0) is 13.0 Å². The van der Waals surface area contributed by atoms with Gasteiger partial charge in [0.25, 0.3) is 0 Å². The highest BCUT2D eigenvalue weighted by Gasteiger charge is 2.27. The fourth-order valence-electron chi connectivity index (χ4n) is 1.90. The SMILES string of the molecule is Cc1cc2n(c1C(=O)O)C[C@H](F)C2. The summed E-state index contributed by atoms with van der Waals surface area (Å²) in [6, 6.07) is 1.75. The van der Waals surface area contributed by atoms with Crippen LogP contribution in [0.2, 0.25) is 0 Å². The van der Waals surface area contributed by atoms with E-state index in [2.05, 4.69) is 0 Å². The number of rotatable bonds is 1. The molecule has 0 aromatic carbocycles. The molecule has 0 aliphatic carbocycles. The lowest BCUT2D eigenvalue weighted by molar-refractivity contribution is 0.0684. The number of aromatic nitrogens is 1. The molecule has 0 radical (unpaired) electrons. The Morgan fingerprint density at radius 1 is 1.77 bits per heavy atom. The smallest absolute Gasteiger partial charge is 0.352 e. The Labute approximate surface area is 74.8 Å². The van der Waals surface area contributed by atoms with Crippen LogP contribution in [0.3, 0.4) is 0 Å². The Morgan fingerprint density at radius 3 is 3.08 bits per heavy atom. The number of nitrogens with zero attached hydrogens (tertiary/aromatic N) is 1. The van der Waals surface area contributed by atoms with Crippen molar-refractivity contribution in [3.05, 3.63) is 23.0 Å². The predicted octanol–water partition coefficient (Wildman–Crippen LogP) is 1.39. The van der Waals surface area contributed by atoms with E-state index in [-0.39, 0.29) is 12.2 Å². The summed E-state index contributed by atoms with van der Waals surface area (Å²) in [7, 11) is 0. The van der Waals surface area contributed by atoms with Gasteiger partial charge in [0, 0.05) is 12.1 Å². The van der Waals surface area contributed by atoms with E-state index in [1.165, 1.54) is 0 Å². The molecule has 1 aromatic rings. The van der Waals surface area contributed by atoms with Crippen LogP contribution in [0.15, 0.2) is 6.07 Å². The number of aryl methyl sites for hydroxylation is 1. The molecule has 0 saturated carbocycles. The number of carboxylic acid groups (broad SMARTS) is 1. The second kappa shape index (κ2) is 2.58. The van der Waals surface area contributed by atoms with Crippen molar-refractivity contribution in [2.45, 2.75) is 26.1 Å². The Balaban J connectivity index is 2.52. The van der Waals surface area contributed by atoms with E-state index in [1.807, 2.05) is 0 Å².